The molecule has 10 heteroatoms. The molecule has 2 aromatic rings. The van der Waals surface area contributed by atoms with Crippen LogP contribution in [0.1, 0.15) is 0 Å². The van der Waals surface area contributed by atoms with Crippen molar-refractivity contribution in [2.75, 3.05) is 5.73 Å². The van der Waals surface area contributed by atoms with Crippen molar-refractivity contribution in [2.45, 2.75) is 0 Å². The van der Waals surface area contributed by atoms with Crippen LogP contribution in [0, 0.1) is 21.7 Å². The molecule has 2 rings (SSSR count). The van der Waals surface area contributed by atoms with Gasteiger partial charge in [-0.3, -0.25) is 10.1 Å². The van der Waals surface area contributed by atoms with Crippen LogP contribution in [0.2, 0.25) is 0 Å². The maximum Gasteiger partial charge on any atom is 0.307 e. The minimum atomic E-state index is -1.23. The van der Waals surface area contributed by atoms with E-state index in [-0.39, 0.29) is 16.2 Å². The zero-order valence-corrected chi connectivity index (χ0v) is 11.1. The van der Waals surface area contributed by atoms with Crippen LogP contribution >= 0.6 is 15.9 Å². The van der Waals surface area contributed by atoms with Crippen LogP contribution in [-0.2, 0) is 0 Å². The fourth-order valence-corrected chi connectivity index (χ4v) is 1.56. The Bertz CT molecular complexity index is 698. The van der Waals surface area contributed by atoms with Crippen LogP contribution < -0.4 is 10.5 Å². The number of aromatic nitrogens is 2. The Morgan fingerprint density at radius 1 is 1.30 bits per heavy atom. The van der Waals surface area contributed by atoms with Crippen LogP contribution in [0.15, 0.2) is 22.9 Å². The van der Waals surface area contributed by atoms with E-state index in [1.807, 2.05) is 0 Å². The number of nitro groups is 1. The molecular formula is C10H5BrF2N4O3. The number of nitrogen functional groups attached to an aromatic ring is 1. The van der Waals surface area contributed by atoms with Gasteiger partial charge in [0.15, 0.2) is 11.6 Å². The van der Waals surface area contributed by atoms with E-state index in [4.69, 9.17) is 10.5 Å². The predicted molar refractivity (Wildman–Crippen MR) is 67.2 cm³/mol. The lowest BCUT2D eigenvalue weighted by Gasteiger charge is -2.08. The van der Waals surface area contributed by atoms with Gasteiger partial charge in [0.1, 0.15) is 16.6 Å². The number of benzene rings is 1. The van der Waals surface area contributed by atoms with Crippen molar-refractivity contribution in [3.63, 3.8) is 0 Å². The quantitative estimate of drug-likeness (QED) is 0.676. The lowest BCUT2D eigenvalue weighted by molar-refractivity contribution is -0.387. The van der Waals surface area contributed by atoms with Crippen molar-refractivity contribution < 1.29 is 18.4 Å². The van der Waals surface area contributed by atoms with Gasteiger partial charge in [-0.2, -0.15) is 4.39 Å². The molecule has 104 valence electrons. The first-order valence-electron chi connectivity index (χ1n) is 4.97. The molecule has 0 aliphatic carbocycles. The third kappa shape index (κ3) is 2.64. The second kappa shape index (κ2) is 5.33. The minimum absolute atomic E-state index is 0.0396. The first-order chi connectivity index (χ1) is 9.40. The van der Waals surface area contributed by atoms with Crippen molar-refractivity contribution in [3.8, 4) is 11.6 Å². The molecule has 0 atom stereocenters. The largest absolute Gasteiger partial charge is 0.434 e. The van der Waals surface area contributed by atoms with Crippen molar-refractivity contribution in [3.05, 3.63) is 44.7 Å². The van der Waals surface area contributed by atoms with Gasteiger partial charge >= 0.3 is 5.69 Å². The fourth-order valence-electron chi connectivity index (χ4n) is 1.28. The zero-order chi connectivity index (χ0) is 14.9. The van der Waals surface area contributed by atoms with E-state index in [2.05, 4.69) is 25.9 Å². The first-order valence-corrected chi connectivity index (χ1v) is 5.76. The standard InChI is InChI=1S/C10H5BrF2N4O3/c11-8-9(14)15-3-16-10(8)20-7-2-4(12)6(17(18)19)1-5(7)13/h1-3H,(H2,14,15,16). The molecule has 0 aliphatic rings. The van der Waals surface area contributed by atoms with Crippen molar-refractivity contribution in [1.82, 2.24) is 9.97 Å². The molecule has 0 amide bonds. The third-order valence-electron chi connectivity index (χ3n) is 2.19. The molecule has 0 radical (unpaired) electrons. The monoisotopic (exact) mass is 346 g/mol. The maximum atomic E-state index is 13.6. The minimum Gasteiger partial charge on any atom is -0.434 e. The number of rotatable bonds is 3. The lowest BCUT2D eigenvalue weighted by atomic mass is 10.3. The van der Waals surface area contributed by atoms with Gasteiger partial charge in [0, 0.05) is 6.07 Å². The summed E-state index contributed by atoms with van der Waals surface area (Å²) >= 11 is 3.02. The molecule has 7 nitrogen and oxygen atoms in total. The highest BCUT2D eigenvalue weighted by atomic mass is 79.9. The number of anilines is 1. The Morgan fingerprint density at radius 3 is 2.65 bits per heavy atom. The zero-order valence-electron chi connectivity index (χ0n) is 9.51. The van der Waals surface area contributed by atoms with Gasteiger partial charge in [-0.1, -0.05) is 0 Å². The molecule has 1 aromatic carbocycles. The number of hydrogen-bond acceptors (Lipinski definition) is 6. The highest BCUT2D eigenvalue weighted by Gasteiger charge is 2.20. The van der Waals surface area contributed by atoms with Gasteiger partial charge in [0.2, 0.25) is 11.7 Å². The van der Waals surface area contributed by atoms with Gasteiger partial charge in [-0.15, -0.1) is 0 Å². The number of nitro benzene ring substituents is 1. The number of ether oxygens (including phenoxy) is 1. The van der Waals surface area contributed by atoms with E-state index >= 15 is 0 Å². The van der Waals surface area contributed by atoms with Crippen LogP contribution in [0.4, 0.5) is 20.3 Å². The van der Waals surface area contributed by atoms with Gasteiger partial charge in [0.25, 0.3) is 0 Å². The van der Waals surface area contributed by atoms with Gasteiger partial charge in [-0.25, -0.2) is 14.4 Å². The molecule has 0 spiro atoms. The fraction of sp³-hybridized carbons (Fsp3) is 0. The summed E-state index contributed by atoms with van der Waals surface area (Å²) in [7, 11) is 0. The van der Waals surface area contributed by atoms with Gasteiger partial charge < -0.3 is 10.5 Å². The summed E-state index contributed by atoms with van der Waals surface area (Å²) in [6.07, 6.45) is 1.06. The Balaban J connectivity index is 2.42. The van der Waals surface area contributed by atoms with Gasteiger partial charge in [-0.05, 0) is 15.9 Å². The topological polar surface area (TPSA) is 104 Å². The van der Waals surface area contributed by atoms with Crippen LogP contribution in [-0.4, -0.2) is 14.9 Å². The Labute approximate surface area is 118 Å². The van der Waals surface area contributed by atoms with Gasteiger partial charge in [0.05, 0.1) is 11.0 Å². The third-order valence-corrected chi connectivity index (χ3v) is 2.93. The molecule has 20 heavy (non-hydrogen) atoms. The van der Waals surface area contributed by atoms with Crippen molar-refractivity contribution >= 4 is 27.4 Å². The molecule has 0 saturated carbocycles. The Kier molecular flexibility index (Phi) is 3.74. The van der Waals surface area contributed by atoms with E-state index in [1.165, 1.54) is 0 Å². The van der Waals surface area contributed by atoms with Crippen molar-refractivity contribution in [2.24, 2.45) is 0 Å². The van der Waals surface area contributed by atoms with Crippen LogP contribution in [0.25, 0.3) is 0 Å². The SMILES string of the molecule is Nc1ncnc(Oc2cc(F)c([N+](=O)[O-])cc2F)c1Br. The average Bonchev–Trinajstić information content (AvgIpc) is 2.38. The summed E-state index contributed by atoms with van der Waals surface area (Å²) in [6.45, 7) is 0. The first kappa shape index (κ1) is 14.1. The average molecular weight is 347 g/mol. The number of hydrogen-bond donors (Lipinski definition) is 1. The highest BCUT2D eigenvalue weighted by molar-refractivity contribution is 9.10. The molecule has 1 aromatic heterocycles. The van der Waals surface area contributed by atoms with Crippen LogP contribution in [0.3, 0.4) is 0 Å². The molecule has 0 aliphatic heterocycles. The summed E-state index contributed by atoms with van der Waals surface area (Å²) in [4.78, 5) is 16.7. The van der Waals surface area contributed by atoms with Crippen LogP contribution in [0.5, 0.6) is 11.6 Å². The Hall–Kier alpha value is -2.36. The number of nitrogens with zero attached hydrogens (tertiary/aromatic N) is 3. The smallest absolute Gasteiger partial charge is 0.307 e. The molecule has 1 heterocycles. The molecular weight excluding hydrogens is 342 g/mol. The summed E-state index contributed by atoms with van der Waals surface area (Å²) in [5, 5.41) is 10.5. The highest BCUT2D eigenvalue weighted by Crippen LogP contribution is 2.33. The predicted octanol–water partition coefficient (Wildman–Crippen LogP) is 2.80. The van der Waals surface area contributed by atoms with E-state index in [1.54, 1.807) is 0 Å². The second-order valence-electron chi connectivity index (χ2n) is 3.47. The summed E-state index contributed by atoms with van der Waals surface area (Å²) in [6, 6.07) is 0.974. The normalized spacial score (nSPS) is 10.3. The molecule has 0 saturated heterocycles. The summed E-state index contributed by atoms with van der Waals surface area (Å²) in [5.41, 5.74) is 4.48. The van der Waals surface area contributed by atoms with E-state index in [0.29, 0.717) is 12.1 Å². The molecule has 0 fully saturated rings. The number of nitrogens with two attached hydrogens (primary N) is 1. The molecule has 2 N–H and O–H groups in total. The van der Waals surface area contributed by atoms with E-state index < -0.39 is 28.0 Å². The molecule has 0 bridgehead atoms. The maximum absolute atomic E-state index is 13.6. The summed E-state index contributed by atoms with van der Waals surface area (Å²) < 4.78 is 32.2. The summed E-state index contributed by atoms with van der Waals surface area (Å²) in [5.74, 6) is -3.01. The molecule has 0 unspecified atom stereocenters. The van der Waals surface area contributed by atoms with Crippen molar-refractivity contribution in [1.29, 1.82) is 0 Å². The van der Waals surface area contributed by atoms with E-state index in [0.717, 1.165) is 6.33 Å². The number of halogens is 3. The Morgan fingerprint density at radius 2 is 2.00 bits per heavy atom. The lowest BCUT2D eigenvalue weighted by Crippen LogP contribution is -2.00. The second-order valence-corrected chi connectivity index (χ2v) is 4.26. The van der Waals surface area contributed by atoms with E-state index in [9.17, 15) is 18.9 Å².